The highest BCUT2D eigenvalue weighted by atomic mass is 16.2. The molecule has 0 bridgehead atoms. The van der Waals surface area contributed by atoms with Crippen molar-refractivity contribution in [3.05, 3.63) is 47.5 Å². The van der Waals surface area contributed by atoms with Crippen LogP contribution in [0, 0.1) is 6.92 Å². The number of aromatic nitrogens is 3. The van der Waals surface area contributed by atoms with Crippen LogP contribution < -0.4 is 5.43 Å². The van der Waals surface area contributed by atoms with E-state index in [2.05, 4.69) is 20.6 Å². The maximum absolute atomic E-state index is 11.7. The smallest absolute Gasteiger partial charge is 0.271 e. The molecule has 2 heterocycles. The third-order valence-corrected chi connectivity index (χ3v) is 2.36. The molecule has 6 nitrogen and oxygen atoms in total. The topological polar surface area (TPSA) is 72.2 Å². The molecule has 0 aliphatic heterocycles. The molecule has 0 atom stereocenters. The highest BCUT2D eigenvalue weighted by molar-refractivity contribution is 5.94. The number of pyridine rings is 1. The number of hydrazone groups is 1. The number of amides is 1. The number of carbonyl (C=O) groups is 1. The van der Waals surface area contributed by atoms with Crippen molar-refractivity contribution in [3.63, 3.8) is 0 Å². The zero-order valence-corrected chi connectivity index (χ0v) is 10.2. The minimum Gasteiger partial charge on any atom is -0.275 e. The summed E-state index contributed by atoms with van der Waals surface area (Å²) in [6.45, 7) is 1.88. The fourth-order valence-electron chi connectivity index (χ4n) is 1.47. The van der Waals surface area contributed by atoms with E-state index in [9.17, 15) is 4.79 Å². The van der Waals surface area contributed by atoms with Gasteiger partial charge in [-0.3, -0.25) is 14.5 Å². The molecular weight excluding hydrogens is 230 g/mol. The molecule has 18 heavy (non-hydrogen) atoms. The molecule has 0 radical (unpaired) electrons. The van der Waals surface area contributed by atoms with E-state index in [0.717, 1.165) is 11.3 Å². The van der Waals surface area contributed by atoms with Crippen molar-refractivity contribution in [2.45, 2.75) is 6.92 Å². The van der Waals surface area contributed by atoms with Gasteiger partial charge in [-0.25, -0.2) is 5.43 Å². The van der Waals surface area contributed by atoms with Gasteiger partial charge >= 0.3 is 0 Å². The zero-order chi connectivity index (χ0) is 13.0. The molecule has 1 amide bonds. The average molecular weight is 243 g/mol. The zero-order valence-electron chi connectivity index (χ0n) is 10.2. The summed E-state index contributed by atoms with van der Waals surface area (Å²) in [4.78, 5) is 15.5. The first kappa shape index (κ1) is 12.0. The van der Waals surface area contributed by atoms with Crippen LogP contribution in [0.5, 0.6) is 0 Å². The van der Waals surface area contributed by atoms with Crippen molar-refractivity contribution in [2.24, 2.45) is 12.1 Å². The van der Waals surface area contributed by atoms with E-state index < -0.39 is 0 Å². The fourth-order valence-corrected chi connectivity index (χ4v) is 1.47. The second kappa shape index (κ2) is 5.22. The van der Waals surface area contributed by atoms with Crippen LogP contribution in [0.25, 0.3) is 0 Å². The lowest BCUT2D eigenvalue weighted by molar-refractivity contribution is 0.0955. The van der Waals surface area contributed by atoms with Crippen molar-refractivity contribution in [1.82, 2.24) is 20.2 Å². The number of nitrogens with zero attached hydrogens (tertiary/aromatic N) is 4. The Labute approximate surface area is 104 Å². The van der Waals surface area contributed by atoms with E-state index in [4.69, 9.17) is 0 Å². The molecule has 0 unspecified atom stereocenters. The van der Waals surface area contributed by atoms with Gasteiger partial charge < -0.3 is 0 Å². The van der Waals surface area contributed by atoms with Crippen LogP contribution in [0.2, 0.25) is 0 Å². The van der Waals surface area contributed by atoms with Crippen LogP contribution in [0.15, 0.2) is 35.8 Å². The molecule has 2 aromatic rings. The number of hydrogen-bond acceptors (Lipinski definition) is 4. The lowest BCUT2D eigenvalue weighted by Crippen LogP contribution is -2.17. The summed E-state index contributed by atoms with van der Waals surface area (Å²) in [5, 5.41) is 8.07. The summed E-state index contributed by atoms with van der Waals surface area (Å²) in [7, 11) is 1.83. The van der Waals surface area contributed by atoms with Gasteiger partial charge in [0.1, 0.15) is 0 Å². The van der Waals surface area contributed by atoms with Crippen molar-refractivity contribution in [2.75, 3.05) is 0 Å². The first-order chi connectivity index (χ1) is 8.66. The number of rotatable bonds is 3. The Morgan fingerprint density at radius 2 is 2.17 bits per heavy atom. The number of carbonyl (C=O) groups excluding carboxylic acids is 1. The predicted molar refractivity (Wildman–Crippen MR) is 67.2 cm³/mol. The largest absolute Gasteiger partial charge is 0.275 e. The van der Waals surface area contributed by atoms with Gasteiger partial charge in [-0.05, 0) is 19.1 Å². The highest BCUT2D eigenvalue weighted by Gasteiger charge is 2.03. The van der Waals surface area contributed by atoms with Gasteiger partial charge in [0.25, 0.3) is 5.91 Å². The Hall–Kier alpha value is -2.50. The molecule has 2 rings (SSSR count). The van der Waals surface area contributed by atoms with E-state index in [0.29, 0.717) is 5.56 Å². The molecule has 0 saturated heterocycles. The van der Waals surface area contributed by atoms with Crippen LogP contribution in [0.4, 0.5) is 0 Å². The summed E-state index contributed by atoms with van der Waals surface area (Å²) >= 11 is 0. The van der Waals surface area contributed by atoms with E-state index in [1.165, 1.54) is 0 Å². The first-order valence-electron chi connectivity index (χ1n) is 5.40. The van der Waals surface area contributed by atoms with Gasteiger partial charge in [0.2, 0.25) is 0 Å². The van der Waals surface area contributed by atoms with E-state index in [-0.39, 0.29) is 5.91 Å². The highest BCUT2D eigenvalue weighted by Crippen LogP contribution is 2.00. The number of aryl methyl sites for hydroxylation is 2. The molecule has 2 aromatic heterocycles. The maximum Gasteiger partial charge on any atom is 0.271 e. The maximum atomic E-state index is 11.7. The molecule has 6 heteroatoms. The lowest BCUT2D eigenvalue weighted by Gasteiger charge is -1.97. The predicted octanol–water partition coefficient (Wildman–Crippen LogP) is 0.887. The van der Waals surface area contributed by atoms with Gasteiger partial charge in [0.15, 0.2) is 0 Å². The third kappa shape index (κ3) is 2.79. The van der Waals surface area contributed by atoms with E-state index >= 15 is 0 Å². The second-order valence-electron chi connectivity index (χ2n) is 3.78. The van der Waals surface area contributed by atoms with Crippen molar-refractivity contribution < 1.29 is 4.79 Å². The van der Waals surface area contributed by atoms with E-state index in [1.54, 1.807) is 35.4 Å². The summed E-state index contributed by atoms with van der Waals surface area (Å²) in [5.74, 6) is -0.268. The molecular formula is C12H13N5O. The molecule has 0 aliphatic rings. The van der Waals surface area contributed by atoms with Gasteiger partial charge in [-0.2, -0.15) is 10.2 Å². The minimum atomic E-state index is -0.268. The van der Waals surface area contributed by atoms with Crippen LogP contribution in [0.3, 0.4) is 0 Å². The average Bonchev–Trinajstić information content (AvgIpc) is 2.69. The minimum absolute atomic E-state index is 0.268. The Morgan fingerprint density at radius 3 is 2.78 bits per heavy atom. The van der Waals surface area contributed by atoms with Crippen LogP contribution >= 0.6 is 0 Å². The standard InChI is InChI=1S/C12H13N5O/c1-9-11(8-17(2)16-9)7-14-15-12(18)10-3-5-13-6-4-10/h3-8H,1-2H3,(H,15,18). The van der Waals surface area contributed by atoms with E-state index in [1.807, 2.05) is 20.2 Å². The molecule has 1 N–H and O–H groups in total. The molecule has 0 aromatic carbocycles. The van der Waals surface area contributed by atoms with Crippen LogP contribution in [0.1, 0.15) is 21.6 Å². The molecule has 0 fully saturated rings. The summed E-state index contributed by atoms with van der Waals surface area (Å²) in [5.41, 5.74) is 4.70. The van der Waals surface area contributed by atoms with Gasteiger partial charge in [-0.1, -0.05) is 0 Å². The first-order valence-corrected chi connectivity index (χ1v) is 5.40. The van der Waals surface area contributed by atoms with Gasteiger partial charge in [0.05, 0.1) is 11.9 Å². The molecule has 0 saturated carbocycles. The van der Waals surface area contributed by atoms with Gasteiger partial charge in [0, 0.05) is 36.8 Å². The Balaban J connectivity index is 2.00. The van der Waals surface area contributed by atoms with Crippen LogP contribution in [-0.4, -0.2) is 26.9 Å². The summed E-state index contributed by atoms with van der Waals surface area (Å²) in [6, 6.07) is 3.25. The summed E-state index contributed by atoms with van der Waals surface area (Å²) in [6.07, 6.45) is 6.52. The molecule has 0 spiro atoms. The summed E-state index contributed by atoms with van der Waals surface area (Å²) < 4.78 is 1.70. The second-order valence-corrected chi connectivity index (χ2v) is 3.78. The van der Waals surface area contributed by atoms with Crippen molar-refractivity contribution >= 4 is 12.1 Å². The molecule has 0 aliphatic carbocycles. The normalized spacial score (nSPS) is 10.8. The number of hydrogen-bond donors (Lipinski definition) is 1. The third-order valence-electron chi connectivity index (χ3n) is 2.36. The Kier molecular flexibility index (Phi) is 3.47. The SMILES string of the molecule is Cc1nn(C)cc1C=NNC(=O)c1ccncc1. The quantitative estimate of drug-likeness (QED) is 0.642. The van der Waals surface area contributed by atoms with Crippen molar-refractivity contribution in [1.29, 1.82) is 0 Å². The fraction of sp³-hybridized carbons (Fsp3) is 0.167. The monoisotopic (exact) mass is 243 g/mol. The Morgan fingerprint density at radius 1 is 1.44 bits per heavy atom. The lowest BCUT2D eigenvalue weighted by atomic mass is 10.2. The Bertz CT molecular complexity index is 573. The number of nitrogens with one attached hydrogen (secondary N) is 1. The van der Waals surface area contributed by atoms with Gasteiger partial charge in [-0.15, -0.1) is 0 Å². The van der Waals surface area contributed by atoms with Crippen molar-refractivity contribution in [3.8, 4) is 0 Å². The molecule has 92 valence electrons. The van der Waals surface area contributed by atoms with Crippen LogP contribution in [-0.2, 0) is 7.05 Å².